The van der Waals surface area contributed by atoms with Crippen LogP contribution in [0.2, 0.25) is 0 Å². The number of halogens is 1. The summed E-state index contributed by atoms with van der Waals surface area (Å²) >= 11 is 0. The maximum absolute atomic E-state index is 13.8. The van der Waals surface area contributed by atoms with E-state index in [1.807, 2.05) is 13.8 Å². The van der Waals surface area contributed by atoms with Crippen molar-refractivity contribution in [2.24, 2.45) is 0 Å². The number of aryl methyl sites for hydroxylation is 1. The van der Waals surface area contributed by atoms with Crippen molar-refractivity contribution < 1.29 is 4.39 Å². The Morgan fingerprint density at radius 3 is 2.67 bits per heavy atom. The van der Waals surface area contributed by atoms with Gasteiger partial charge < -0.3 is 10.6 Å². The van der Waals surface area contributed by atoms with Crippen LogP contribution in [0.1, 0.15) is 12.5 Å². The molecule has 18 heavy (non-hydrogen) atoms. The summed E-state index contributed by atoms with van der Waals surface area (Å²) in [5, 5.41) is 0. The molecule has 0 aliphatic rings. The van der Waals surface area contributed by atoms with Gasteiger partial charge in [0.1, 0.15) is 11.6 Å². The van der Waals surface area contributed by atoms with E-state index in [0.29, 0.717) is 23.7 Å². The number of benzene rings is 1. The molecule has 0 saturated carbocycles. The van der Waals surface area contributed by atoms with Gasteiger partial charge in [0.15, 0.2) is 0 Å². The summed E-state index contributed by atoms with van der Waals surface area (Å²) in [5.41, 5.74) is 7.96. The number of anilines is 3. The quantitative estimate of drug-likeness (QED) is 0.902. The lowest BCUT2D eigenvalue weighted by atomic mass is 10.2. The minimum Gasteiger partial charge on any atom is -0.398 e. The lowest BCUT2D eigenvalue weighted by Crippen LogP contribution is -2.18. The van der Waals surface area contributed by atoms with Gasteiger partial charge in [0.05, 0.1) is 5.69 Å². The molecule has 0 amide bonds. The van der Waals surface area contributed by atoms with Crippen molar-refractivity contribution >= 4 is 17.2 Å². The SMILES string of the molecule is CCN(c1cc(N)c(C)cn1)c1ccccc1F. The molecule has 2 N–H and O–H groups in total. The first-order chi connectivity index (χ1) is 8.63. The fourth-order valence-corrected chi connectivity index (χ4v) is 1.80. The fourth-order valence-electron chi connectivity index (χ4n) is 1.80. The van der Waals surface area contributed by atoms with Crippen LogP contribution < -0.4 is 10.6 Å². The number of hydrogen-bond donors (Lipinski definition) is 1. The van der Waals surface area contributed by atoms with Crippen LogP contribution in [0.4, 0.5) is 21.6 Å². The summed E-state index contributed by atoms with van der Waals surface area (Å²) in [6, 6.07) is 8.42. The van der Waals surface area contributed by atoms with Crippen LogP contribution in [0, 0.1) is 12.7 Å². The Balaban J connectivity index is 2.45. The molecule has 4 heteroatoms. The highest BCUT2D eigenvalue weighted by Gasteiger charge is 2.13. The number of rotatable bonds is 3. The second kappa shape index (κ2) is 5.04. The molecule has 0 aliphatic carbocycles. The third-order valence-electron chi connectivity index (χ3n) is 2.87. The highest BCUT2D eigenvalue weighted by Crippen LogP contribution is 2.27. The van der Waals surface area contributed by atoms with Crippen molar-refractivity contribution in [3.05, 3.63) is 47.9 Å². The number of hydrogen-bond acceptors (Lipinski definition) is 3. The molecule has 0 atom stereocenters. The van der Waals surface area contributed by atoms with Gasteiger partial charge in [-0.05, 0) is 31.5 Å². The minimum absolute atomic E-state index is 0.264. The number of aromatic nitrogens is 1. The lowest BCUT2D eigenvalue weighted by molar-refractivity contribution is 0.625. The maximum atomic E-state index is 13.8. The van der Waals surface area contributed by atoms with Gasteiger partial charge in [0.2, 0.25) is 0 Å². The second-order valence-corrected chi connectivity index (χ2v) is 4.09. The topological polar surface area (TPSA) is 42.1 Å². The summed E-state index contributed by atoms with van der Waals surface area (Å²) in [4.78, 5) is 6.10. The summed E-state index contributed by atoms with van der Waals surface area (Å²) in [6.07, 6.45) is 1.70. The van der Waals surface area contributed by atoms with E-state index >= 15 is 0 Å². The normalized spacial score (nSPS) is 10.4. The van der Waals surface area contributed by atoms with Gasteiger partial charge in [-0.25, -0.2) is 9.37 Å². The summed E-state index contributed by atoms with van der Waals surface area (Å²) in [6.45, 7) is 4.46. The highest BCUT2D eigenvalue weighted by atomic mass is 19.1. The molecular formula is C14H16FN3. The fraction of sp³-hybridized carbons (Fsp3) is 0.214. The Bertz CT molecular complexity index is 554. The van der Waals surface area contributed by atoms with E-state index in [1.165, 1.54) is 6.07 Å². The van der Waals surface area contributed by atoms with E-state index < -0.39 is 0 Å². The number of nitrogen functional groups attached to an aromatic ring is 1. The molecule has 3 nitrogen and oxygen atoms in total. The molecule has 0 aliphatic heterocycles. The van der Waals surface area contributed by atoms with Crippen LogP contribution in [0.5, 0.6) is 0 Å². The number of para-hydroxylation sites is 1. The summed E-state index contributed by atoms with van der Waals surface area (Å²) < 4.78 is 13.8. The molecule has 0 fully saturated rings. The zero-order valence-corrected chi connectivity index (χ0v) is 10.5. The third-order valence-corrected chi connectivity index (χ3v) is 2.87. The Labute approximate surface area is 106 Å². The van der Waals surface area contributed by atoms with Crippen LogP contribution in [-0.2, 0) is 0 Å². The van der Waals surface area contributed by atoms with Gasteiger partial charge in [-0.1, -0.05) is 12.1 Å². The standard InChI is InChI=1S/C14H16FN3/c1-3-18(13-7-5-4-6-11(13)15)14-8-12(16)10(2)9-17-14/h4-9H,3H2,1-2H3,(H2,16,17). The van der Waals surface area contributed by atoms with Gasteiger partial charge >= 0.3 is 0 Å². The van der Waals surface area contributed by atoms with Crippen molar-refractivity contribution in [1.82, 2.24) is 4.98 Å². The third kappa shape index (κ3) is 2.27. The zero-order valence-electron chi connectivity index (χ0n) is 10.5. The molecule has 1 heterocycles. The van der Waals surface area contributed by atoms with Gasteiger partial charge in [-0.3, -0.25) is 0 Å². The first kappa shape index (κ1) is 12.4. The van der Waals surface area contributed by atoms with Crippen LogP contribution in [-0.4, -0.2) is 11.5 Å². The maximum Gasteiger partial charge on any atom is 0.146 e. The largest absolute Gasteiger partial charge is 0.398 e. The Kier molecular flexibility index (Phi) is 3.46. The molecule has 1 aromatic carbocycles. The summed E-state index contributed by atoms with van der Waals surface area (Å²) in [7, 11) is 0. The molecule has 2 rings (SSSR count). The van der Waals surface area contributed by atoms with Crippen molar-refractivity contribution in [3.63, 3.8) is 0 Å². The molecule has 0 unspecified atom stereocenters. The monoisotopic (exact) mass is 245 g/mol. The highest BCUT2D eigenvalue weighted by molar-refractivity contribution is 5.64. The molecule has 1 aromatic heterocycles. The zero-order chi connectivity index (χ0) is 13.1. The Morgan fingerprint density at radius 2 is 2.06 bits per heavy atom. The van der Waals surface area contributed by atoms with E-state index in [9.17, 15) is 4.39 Å². The van der Waals surface area contributed by atoms with Crippen LogP contribution in [0.15, 0.2) is 36.5 Å². The smallest absolute Gasteiger partial charge is 0.146 e. The van der Waals surface area contributed by atoms with Gasteiger partial charge in [-0.2, -0.15) is 0 Å². The second-order valence-electron chi connectivity index (χ2n) is 4.09. The van der Waals surface area contributed by atoms with E-state index in [2.05, 4.69) is 4.98 Å². The predicted molar refractivity (Wildman–Crippen MR) is 72.5 cm³/mol. The first-order valence-corrected chi connectivity index (χ1v) is 5.87. The first-order valence-electron chi connectivity index (χ1n) is 5.87. The van der Waals surface area contributed by atoms with E-state index in [-0.39, 0.29) is 5.82 Å². The van der Waals surface area contributed by atoms with Gasteiger partial charge in [-0.15, -0.1) is 0 Å². The Morgan fingerprint density at radius 1 is 1.33 bits per heavy atom. The molecule has 0 bridgehead atoms. The van der Waals surface area contributed by atoms with Crippen LogP contribution >= 0.6 is 0 Å². The number of nitrogens with zero attached hydrogens (tertiary/aromatic N) is 2. The van der Waals surface area contributed by atoms with Crippen molar-refractivity contribution in [2.75, 3.05) is 17.2 Å². The van der Waals surface area contributed by atoms with Crippen molar-refractivity contribution in [2.45, 2.75) is 13.8 Å². The van der Waals surface area contributed by atoms with E-state index in [1.54, 1.807) is 35.4 Å². The molecular weight excluding hydrogens is 229 g/mol. The van der Waals surface area contributed by atoms with Crippen LogP contribution in [0.25, 0.3) is 0 Å². The molecule has 94 valence electrons. The van der Waals surface area contributed by atoms with E-state index in [4.69, 9.17) is 5.73 Å². The van der Waals surface area contributed by atoms with Gasteiger partial charge in [0, 0.05) is 24.5 Å². The van der Waals surface area contributed by atoms with Gasteiger partial charge in [0.25, 0.3) is 0 Å². The summed E-state index contributed by atoms with van der Waals surface area (Å²) in [5.74, 6) is 0.394. The minimum atomic E-state index is -0.264. The average Bonchev–Trinajstić information content (AvgIpc) is 2.37. The Hall–Kier alpha value is -2.10. The van der Waals surface area contributed by atoms with Crippen molar-refractivity contribution in [1.29, 1.82) is 0 Å². The number of nitrogens with two attached hydrogens (primary N) is 1. The molecule has 0 saturated heterocycles. The van der Waals surface area contributed by atoms with Crippen LogP contribution in [0.3, 0.4) is 0 Å². The molecule has 0 spiro atoms. The van der Waals surface area contributed by atoms with Crippen molar-refractivity contribution in [3.8, 4) is 0 Å². The number of pyridine rings is 1. The average molecular weight is 245 g/mol. The molecule has 0 radical (unpaired) electrons. The van der Waals surface area contributed by atoms with E-state index in [0.717, 1.165) is 5.56 Å². The molecule has 2 aromatic rings. The predicted octanol–water partition coefficient (Wildman–Crippen LogP) is 3.27. The lowest BCUT2D eigenvalue weighted by Gasteiger charge is -2.23.